The van der Waals surface area contributed by atoms with Gasteiger partial charge in [0.2, 0.25) is 0 Å². The van der Waals surface area contributed by atoms with E-state index in [9.17, 15) is 4.79 Å². The molecule has 0 unspecified atom stereocenters. The molecule has 2 rings (SSSR count). The second-order valence-electron chi connectivity index (χ2n) is 4.13. The molecule has 0 amide bonds. The molecule has 14 heavy (non-hydrogen) atoms. The fourth-order valence-electron chi connectivity index (χ4n) is 1.60. The van der Waals surface area contributed by atoms with Crippen molar-refractivity contribution < 1.29 is 4.79 Å². The highest BCUT2D eigenvalue weighted by Gasteiger charge is 2.30. The predicted octanol–water partition coefficient (Wildman–Crippen LogP) is 2.64. The molecular weight excluding hydrogens is 196 g/mol. The van der Waals surface area contributed by atoms with Crippen LogP contribution >= 0.6 is 11.5 Å². The minimum atomic E-state index is 0.259. The number of hydrogen-bond donors (Lipinski definition) is 0. The van der Waals surface area contributed by atoms with E-state index in [1.165, 1.54) is 18.0 Å². The zero-order chi connectivity index (χ0) is 10.1. The third-order valence-electron chi connectivity index (χ3n) is 2.76. The highest BCUT2D eigenvalue weighted by atomic mass is 32.1. The predicted molar refractivity (Wildman–Crippen MR) is 55.7 cm³/mol. The Morgan fingerprint density at radius 2 is 2.21 bits per heavy atom. The van der Waals surface area contributed by atoms with Crippen molar-refractivity contribution >= 4 is 17.3 Å². The van der Waals surface area contributed by atoms with Crippen LogP contribution in [0.3, 0.4) is 0 Å². The van der Waals surface area contributed by atoms with E-state index in [1.54, 1.807) is 0 Å². The summed E-state index contributed by atoms with van der Waals surface area (Å²) in [5, 5.41) is 4.03. The fraction of sp³-hybridized carbons (Fsp3) is 0.700. The molecule has 0 spiro atoms. The zero-order valence-electron chi connectivity index (χ0n) is 8.49. The van der Waals surface area contributed by atoms with Gasteiger partial charge >= 0.3 is 0 Å². The van der Waals surface area contributed by atoms with Gasteiger partial charge in [-0.3, -0.25) is 4.79 Å². The van der Waals surface area contributed by atoms with E-state index in [2.05, 4.69) is 9.59 Å². The van der Waals surface area contributed by atoms with Crippen molar-refractivity contribution in [3.8, 4) is 0 Å². The second-order valence-corrected chi connectivity index (χ2v) is 4.89. The zero-order valence-corrected chi connectivity index (χ0v) is 9.30. The van der Waals surface area contributed by atoms with Crippen LogP contribution < -0.4 is 0 Å². The van der Waals surface area contributed by atoms with Gasteiger partial charge in [0, 0.05) is 5.92 Å². The third kappa shape index (κ3) is 1.59. The van der Waals surface area contributed by atoms with Crippen LogP contribution in [0.1, 0.15) is 54.4 Å². The van der Waals surface area contributed by atoms with Crippen molar-refractivity contribution in [1.82, 2.24) is 9.59 Å². The lowest BCUT2D eigenvalue weighted by molar-refractivity contribution is 0.0858. The van der Waals surface area contributed by atoms with E-state index >= 15 is 0 Å². The van der Waals surface area contributed by atoms with Crippen LogP contribution in [0.25, 0.3) is 0 Å². The lowest BCUT2D eigenvalue weighted by Crippen LogP contribution is -2.22. The number of rotatable bonds is 3. The van der Waals surface area contributed by atoms with Gasteiger partial charge in [0.1, 0.15) is 4.88 Å². The van der Waals surface area contributed by atoms with Gasteiger partial charge in [0.25, 0.3) is 0 Å². The van der Waals surface area contributed by atoms with Crippen LogP contribution in [-0.2, 0) is 0 Å². The van der Waals surface area contributed by atoms with E-state index in [0.717, 1.165) is 23.4 Å². The largest absolute Gasteiger partial charge is 0.293 e. The van der Waals surface area contributed by atoms with Crippen LogP contribution in [0, 0.1) is 5.92 Å². The number of carbonyl (C=O) groups is 1. The summed E-state index contributed by atoms with van der Waals surface area (Å²) in [5.74, 6) is 0.831. The summed E-state index contributed by atoms with van der Waals surface area (Å²) in [7, 11) is 0. The smallest absolute Gasteiger partial charge is 0.179 e. The molecule has 0 atom stereocenters. The van der Waals surface area contributed by atoms with E-state index in [4.69, 9.17) is 0 Å². The summed E-state index contributed by atoms with van der Waals surface area (Å²) >= 11 is 1.25. The molecule has 0 N–H and O–H groups in total. The molecule has 3 nitrogen and oxygen atoms in total. The lowest BCUT2D eigenvalue weighted by Gasteiger charge is -2.23. The number of carbonyl (C=O) groups excluding carboxylic acids is 1. The Morgan fingerprint density at radius 1 is 1.50 bits per heavy atom. The monoisotopic (exact) mass is 210 g/mol. The van der Waals surface area contributed by atoms with Crippen LogP contribution in [0.5, 0.6) is 0 Å². The summed E-state index contributed by atoms with van der Waals surface area (Å²) < 4.78 is 3.88. The molecule has 76 valence electrons. The van der Waals surface area contributed by atoms with Gasteiger partial charge in [0.15, 0.2) is 5.78 Å². The minimum Gasteiger partial charge on any atom is -0.293 e. The number of Topliss-reactive ketones (excluding diaryl/α,β-unsaturated/α-hetero) is 1. The standard InChI is InChI=1S/C10H14N2OS/c1-6(2)8-10(14-12-11-8)9(13)7-4-3-5-7/h6-7H,3-5H2,1-2H3. The minimum absolute atomic E-state index is 0.259. The van der Waals surface area contributed by atoms with Crippen LogP contribution in [0.15, 0.2) is 0 Å². The third-order valence-corrected chi connectivity index (χ3v) is 3.52. The number of hydrogen-bond acceptors (Lipinski definition) is 4. The summed E-state index contributed by atoms with van der Waals surface area (Å²) in [4.78, 5) is 12.7. The first-order chi connectivity index (χ1) is 6.70. The number of aromatic nitrogens is 2. The quantitative estimate of drug-likeness (QED) is 0.720. The van der Waals surface area contributed by atoms with Crippen molar-refractivity contribution in [2.45, 2.75) is 39.0 Å². The average molecular weight is 210 g/mol. The van der Waals surface area contributed by atoms with E-state index in [0.29, 0.717) is 5.92 Å². The molecule has 1 fully saturated rings. The molecule has 0 aliphatic heterocycles. The van der Waals surface area contributed by atoms with Gasteiger partial charge < -0.3 is 0 Å². The molecule has 0 bridgehead atoms. The maximum Gasteiger partial charge on any atom is 0.179 e. The molecule has 1 aromatic rings. The van der Waals surface area contributed by atoms with Crippen molar-refractivity contribution in [3.05, 3.63) is 10.6 Å². The first-order valence-corrected chi connectivity index (χ1v) is 5.84. The highest BCUT2D eigenvalue weighted by Crippen LogP contribution is 2.32. The maximum absolute atomic E-state index is 11.9. The Balaban J connectivity index is 2.22. The van der Waals surface area contributed by atoms with Crippen molar-refractivity contribution in [2.75, 3.05) is 0 Å². The van der Waals surface area contributed by atoms with Gasteiger partial charge in [-0.15, -0.1) is 5.10 Å². The van der Waals surface area contributed by atoms with Crippen molar-refractivity contribution in [3.63, 3.8) is 0 Å². The van der Waals surface area contributed by atoms with Gasteiger partial charge in [-0.1, -0.05) is 24.8 Å². The molecule has 1 aliphatic carbocycles. The lowest BCUT2D eigenvalue weighted by atomic mass is 9.81. The summed E-state index contributed by atoms with van der Waals surface area (Å²) in [5.41, 5.74) is 0.881. The molecule has 1 aromatic heterocycles. The number of nitrogens with zero attached hydrogens (tertiary/aromatic N) is 2. The SMILES string of the molecule is CC(C)c1nnsc1C(=O)C1CCC1. The Bertz CT molecular complexity index is 342. The van der Waals surface area contributed by atoms with E-state index in [-0.39, 0.29) is 11.7 Å². The number of ketones is 1. The van der Waals surface area contributed by atoms with Crippen molar-refractivity contribution in [2.24, 2.45) is 5.92 Å². The van der Waals surface area contributed by atoms with Gasteiger partial charge in [-0.2, -0.15) is 0 Å². The van der Waals surface area contributed by atoms with Gasteiger partial charge in [-0.25, -0.2) is 0 Å². The molecule has 1 saturated carbocycles. The molecule has 1 aliphatic rings. The fourth-order valence-corrected chi connectivity index (χ4v) is 2.44. The summed E-state index contributed by atoms with van der Waals surface area (Å²) in [6, 6.07) is 0. The topological polar surface area (TPSA) is 42.9 Å². The van der Waals surface area contributed by atoms with E-state index in [1.807, 2.05) is 13.8 Å². The Labute approximate surface area is 87.7 Å². The first-order valence-electron chi connectivity index (χ1n) is 5.06. The molecule has 0 saturated heterocycles. The molecule has 4 heteroatoms. The Kier molecular flexibility index (Phi) is 2.63. The van der Waals surface area contributed by atoms with Gasteiger partial charge in [-0.05, 0) is 30.3 Å². The van der Waals surface area contributed by atoms with Crippen LogP contribution in [0.2, 0.25) is 0 Å². The average Bonchev–Trinajstić information content (AvgIpc) is 2.47. The molecule has 1 heterocycles. The summed E-state index contributed by atoms with van der Waals surface area (Å²) in [6.07, 6.45) is 3.29. The normalized spacial score (nSPS) is 17.1. The molecule has 0 radical (unpaired) electrons. The Morgan fingerprint density at radius 3 is 2.71 bits per heavy atom. The van der Waals surface area contributed by atoms with Gasteiger partial charge in [0.05, 0.1) is 5.69 Å². The maximum atomic E-state index is 11.9. The highest BCUT2D eigenvalue weighted by molar-refractivity contribution is 7.08. The first kappa shape index (κ1) is 9.77. The van der Waals surface area contributed by atoms with Crippen LogP contribution in [-0.4, -0.2) is 15.4 Å². The van der Waals surface area contributed by atoms with Crippen molar-refractivity contribution in [1.29, 1.82) is 0 Å². The van der Waals surface area contributed by atoms with Crippen LogP contribution in [0.4, 0.5) is 0 Å². The van der Waals surface area contributed by atoms with E-state index < -0.39 is 0 Å². The second kappa shape index (κ2) is 3.77. The summed E-state index contributed by atoms with van der Waals surface area (Å²) in [6.45, 7) is 4.10. The molecular formula is C10H14N2OS. The Hall–Kier alpha value is -0.770. The molecule has 0 aromatic carbocycles.